The molecule has 0 aliphatic carbocycles. The van der Waals surface area contributed by atoms with E-state index in [1.165, 1.54) is 31.2 Å². The van der Waals surface area contributed by atoms with Crippen molar-refractivity contribution in [3.8, 4) is 0 Å². The van der Waals surface area contributed by atoms with Crippen molar-refractivity contribution in [2.45, 2.75) is 44.6 Å². The third kappa shape index (κ3) is 3.24. The number of rotatable bonds is 4. The largest absolute Gasteiger partial charge is 0.311 e. The lowest BCUT2D eigenvalue weighted by Crippen LogP contribution is -2.41. The van der Waals surface area contributed by atoms with Crippen LogP contribution in [0.1, 0.15) is 38.2 Å². The lowest BCUT2D eigenvalue weighted by Gasteiger charge is -2.30. The van der Waals surface area contributed by atoms with Crippen LogP contribution in [-0.2, 0) is 6.42 Å². The summed E-state index contributed by atoms with van der Waals surface area (Å²) in [5.74, 6) is 0. The van der Waals surface area contributed by atoms with Gasteiger partial charge in [-0.3, -0.25) is 0 Å². The highest BCUT2D eigenvalue weighted by molar-refractivity contribution is 9.10. The smallest absolute Gasteiger partial charge is 0.0449 e. The zero-order valence-corrected chi connectivity index (χ0v) is 12.6. The molecule has 1 N–H and O–H groups in total. The molecule has 0 bridgehead atoms. The molecule has 1 aliphatic rings. The van der Waals surface area contributed by atoms with Gasteiger partial charge in [-0.25, -0.2) is 0 Å². The maximum Gasteiger partial charge on any atom is 0.0449 e. The first-order valence-electron chi connectivity index (χ1n) is 6.34. The van der Waals surface area contributed by atoms with Gasteiger partial charge in [0.25, 0.3) is 0 Å². The molecule has 0 saturated carbocycles. The van der Waals surface area contributed by atoms with E-state index in [0.717, 1.165) is 22.5 Å². The molecule has 0 amide bonds. The summed E-state index contributed by atoms with van der Waals surface area (Å²) < 4.78 is 1.05. The first kappa shape index (κ1) is 13.4. The summed E-state index contributed by atoms with van der Waals surface area (Å²) in [6, 6.07) is 6.21. The molecule has 0 spiro atoms. The molecule has 1 aliphatic heterocycles. The molecule has 1 unspecified atom stereocenters. The molecule has 1 saturated heterocycles. The van der Waals surface area contributed by atoms with Gasteiger partial charge in [0.2, 0.25) is 0 Å². The van der Waals surface area contributed by atoms with Gasteiger partial charge in [0.1, 0.15) is 0 Å². The molecule has 1 atom stereocenters. The Balaban J connectivity index is 2.17. The third-order valence-corrected chi connectivity index (χ3v) is 4.45. The Kier molecular flexibility index (Phi) is 4.51. The molecule has 1 aromatic rings. The minimum Gasteiger partial charge on any atom is -0.311 e. The Morgan fingerprint density at radius 1 is 1.47 bits per heavy atom. The lowest BCUT2D eigenvalue weighted by atomic mass is 9.85. The number of hydrogen-bond donors (Lipinski definition) is 1. The summed E-state index contributed by atoms with van der Waals surface area (Å²) in [6.07, 6.45) is 6.06. The maximum atomic E-state index is 6.31. The van der Waals surface area contributed by atoms with E-state index >= 15 is 0 Å². The number of benzene rings is 1. The van der Waals surface area contributed by atoms with Crippen LogP contribution in [0.2, 0.25) is 5.02 Å². The van der Waals surface area contributed by atoms with E-state index in [1.807, 2.05) is 6.07 Å². The van der Waals surface area contributed by atoms with E-state index in [2.05, 4.69) is 40.3 Å². The highest BCUT2D eigenvalue weighted by Gasteiger charge is 2.32. The van der Waals surface area contributed by atoms with Crippen LogP contribution in [0.15, 0.2) is 22.7 Å². The quantitative estimate of drug-likeness (QED) is 0.858. The molecule has 1 nitrogen and oxygen atoms in total. The molecular formula is C14H19BrClN. The number of halogens is 2. The van der Waals surface area contributed by atoms with Gasteiger partial charge < -0.3 is 5.32 Å². The molecule has 0 radical (unpaired) electrons. The molecule has 0 aromatic heterocycles. The van der Waals surface area contributed by atoms with Crippen molar-refractivity contribution >= 4 is 27.5 Å². The molecule has 17 heavy (non-hydrogen) atoms. The summed E-state index contributed by atoms with van der Waals surface area (Å²) in [4.78, 5) is 0. The second kappa shape index (κ2) is 5.73. The van der Waals surface area contributed by atoms with E-state index in [0.29, 0.717) is 0 Å². The fraction of sp³-hybridized carbons (Fsp3) is 0.571. The molecule has 94 valence electrons. The van der Waals surface area contributed by atoms with Gasteiger partial charge in [0.15, 0.2) is 0 Å². The summed E-state index contributed by atoms with van der Waals surface area (Å²) in [5.41, 5.74) is 1.55. The van der Waals surface area contributed by atoms with Gasteiger partial charge in [-0.15, -0.1) is 0 Å². The molecular weight excluding hydrogens is 298 g/mol. The Labute approximate surface area is 117 Å². The zero-order chi connectivity index (χ0) is 12.3. The van der Waals surface area contributed by atoms with Crippen molar-refractivity contribution < 1.29 is 0 Å². The van der Waals surface area contributed by atoms with Gasteiger partial charge in [-0.1, -0.05) is 46.9 Å². The summed E-state index contributed by atoms with van der Waals surface area (Å²) in [7, 11) is 0. The monoisotopic (exact) mass is 315 g/mol. The number of hydrogen-bond acceptors (Lipinski definition) is 1. The van der Waals surface area contributed by atoms with E-state index < -0.39 is 0 Å². The molecule has 1 fully saturated rings. The first-order valence-corrected chi connectivity index (χ1v) is 7.51. The molecule has 3 heteroatoms. The normalized spacial score (nSPS) is 24.2. The standard InChI is InChI=1S/C14H19BrClN/c1-2-6-14(7-3-8-17-14)10-11-4-5-12(15)9-13(11)16/h4-5,9,17H,2-3,6-8,10H2,1H3. The van der Waals surface area contributed by atoms with Crippen LogP contribution in [0.5, 0.6) is 0 Å². The molecule has 1 heterocycles. The van der Waals surface area contributed by atoms with Crippen LogP contribution < -0.4 is 5.32 Å². The molecule has 1 aromatic carbocycles. The third-order valence-electron chi connectivity index (χ3n) is 3.60. The van der Waals surface area contributed by atoms with Crippen molar-refractivity contribution in [3.63, 3.8) is 0 Å². The Morgan fingerprint density at radius 3 is 2.88 bits per heavy atom. The average Bonchev–Trinajstić information content (AvgIpc) is 2.72. The zero-order valence-electron chi connectivity index (χ0n) is 10.2. The fourth-order valence-electron chi connectivity index (χ4n) is 2.83. The van der Waals surface area contributed by atoms with Crippen molar-refractivity contribution in [1.29, 1.82) is 0 Å². The van der Waals surface area contributed by atoms with Crippen LogP contribution in [0.3, 0.4) is 0 Å². The van der Waals surface area contributed by atoms with E-state index in [4.69, 9.17) is 11.6 Å². The number of nitrogens with one attached hydrogen (secondary N) is 1. The second-order valence-electron chi connectivity index (χ2n) is 4.97. The predicted molar refractivity (Wildman–Crippen MR) is 77.7 cm³/mol. The Morgan fingerprint density at radius 2 is 2.29 bits per heavy atom. The van der Waals surface area contributed by atoms with Crippen LogP contribution >= 0.6 is 27.5 Å². The highest BCUT2D eigenvalue weighted by Crippen LogP contribution is 2.32. The summed E-state index contributed by atoms with van der Waals surface area (Å²) in [5, 5.41) is 4.57. The highest BCUT2D eigenvalue weighted by atomic mass is 79.9. The summed E-state index contributed by atoms with van der Waals surface area (Å²) in [6.45, 7) is 3.40. The maximum absolute atomic E-state index is 6.31. The fourth-order valence-corrected chi connectivity index (χ4v) is 3.57. The van der Waals surface area contributed by atoms with Crippen molar-refractivity contribution in [2.24, 2.45) is 0 Å². The molecule has 2 rings (SSSR count). The van der Waals surface area contributed by atoms with Crippen LogP contribution in [0, 0.1) is 0 Å². The topological polar surface area (TPSA) is 12.0 Å². The second-order valence-corrected chi connectivity index (χ2v) is 6.30. The lowest BCUT2D eigenvalue weighted by molar-refractivity contribution is 0.342. The van der Waals surface area contributed by atoms with Gasteiger partial charge in [0.05, 0.1) is 0 Å². The van der Waals surface area contributed by atoms with E-state index in [1.54, 1.807) is 0 Å². The Bertz CT molecular complexity index is 386. The average molecular weight is 317 g/mol. The van der Waals surface area contributed by atoms with Gasteiger partial charge in [-0.2, -0.15) is 0 Å². The SMILES string of the molecule is CCCC1(Cc2ccc(Br)cc2Cl)CCCN1. The van der Waals surface area contributed by atoms with Crippen LogP contribution in [-0.4, -0.2) is 12.1 Å². The minimum absolute atomic E-state index is 0.284. The van der Waals surface area contributed by atoms with Gasteiger partial charge in [0, 0.05) is 15.0 Å². The first-order chi connectivity index (χ1) is 8.15. The van der Waals surface area contributed by atoms with Crippen molar-refractivity contribution in [2.75, 3.05) is 6.54 Å². The van der Waals surface area contributed by atoms with Gasteiger partial charge in [-0.05, 0) is 49.9 Å². The van der Waals surface area contributed by atoms with Gasteiger partial charge >= 0.3 is 0 Å². The summed E-state index contributed by atoms with van der Waals surface area (Å²) >= 11 is 9.77. The van der Waals surface area contributed by atoms with Crippen LogP contribution in [0.25, 0.3) is 0 Å². The van der Waals surface area contributed by atoms with E-state index in [9.17, 15) is 0 Å². The predicted octanol–water partition coefficient (Wildman–Crippen LogP) is 4.57. The Hall–Kier alpha value is -0.0500. The van der Waals surface area contributed by atoms with E-state index in [-0.39, 0.29) is 5.54 Å². The van der Waals surface area contributed by atoms with Crippen molar-refractivity contribution in [1.82, 2.24) is 5.32 Å². The minimum atomic E-state index is 0.284. The van der Waals surface area contributed by atoms with Crippen LogP contribution in [0.4, 0.5) is 0 Å². The van der Waals surface area contributed by atoms with Crippen molar-refractivity contribution in [3.05, 3.63) is 33.3 Å².